The monoisotopic (exact) mass is 261 g/mol. The van der Waals surface area contributed by atoms with Gasteiger partial charge in [0, 0.05) is 7.11 Å². The summed E-state index contributed by atoms with van der Waals surface area (Å²) in [4.78, 5) is 16.2. The number of guanidine groups is 1. The maximum Gasteiger partial charge on any atom is 0.253 e. The standard InChI is InChI=1S/C14H19N3O2/c1-9-4-5-10(2)11(8-9)12-13(18)17-14(16-12)15-6-7-19-3/h4-5,8,12H,6-7H2,1-3H3,(H2,15,16,17,18). The van der Waals surface area contributed by atoms with Gasteiger partial charge in [0.05, 0.1) is 13.2 Å². The number of amides is 1. The molecule has 1 atom stereocenters. The summed E-state index contributed by atoms with van der Waals surface area (Å²) in [5, 5.41) is 5.87. The molecule has 1 unspecified atom stereocenters. The van der Waals surface area contributed by atoms with Crippen LogP contribution in [0.25, 0.3) is 0 Å². The van der Waals surface area contributed by atoms with Gasteiger partial charge in [0.25, 0.3) is 5.91 Å². The Kier molecular flexibility index (Phi) is 4.16. The van der Waals surface area contributed by atoms with Crippen LogP contribution in [0.1, 0.15) is 22.7 Å². The molecule has 1 aromatic rings. The van der Waals surface area contributed by atoms with Crippen molar-refractivity contribution >= 4 is 11.9 Å². The lowest BCUT2D eigenvalue weighted by Gasteiger charge is -2.12. The average molecular weight is 261 g/mol. The number of rotatable bonds is 4. The van der Waals surface area contributed by atoms with E-state index in [0.29, 0.717) is 19.1 Å². The van der Waals surface area contributed by atoms with Crippen LogP contribution in [0, 0.1) is 13.8 Å². The molecule has 0 aliphatic carbocycles. The predicted molar refractivity (Wildman–Crippen MR) is 74.1 cm³/mol. The summed E-state index contributed by atoms with van der Waals surface area (Å²) in [6.07, 6.45) is 0. The highest BCUT2D eigenvalue weighted by Gasteiger charge is 2.30. The first-order valence-electron chi connectivity index (χ1n) is 6.29. The lowest BCUT2D eigenvalue weighted by atomic mass is 9.99. The summed E-state index contributed by atoms with van der Waals surface area (Å²) in [7, 11) is 1.62. The second kappa shape index (κ2) is 5.84. The number of hydrogen-bond acceptors (Lipinski definition) is 3. The Labute approximate surface area is 113 Å². The molecule has 1 aromatic carbocycles. The summed E-state index contributed by atoms with van der Waals surface area (Å²) < 4.78 is 4.93. The molecule has 0 spiro atoms. The Morgan fingerprint density at radius 1 is 1.37 bits per heavy atom. The number of ether oxygens (including phenoxy) is 1. The number of nitrogens with zero attached hydrogens (tertiary/aromatic N) is 1. The zero-order valence-electron chi connectivity index (χ0n) is 11.5. The molecule has 1 fully saturated rings. The van der Waals surface area contributed by atoms with Crippen LogP contribution in [0.2, 0.25) is 0 Å². The lowest BCUT2D eigenvalue weighted by Crippen LogP contribution is -2.26. The predicted octanol–water partition coefficient (Wildman–Crippen LogP) is 1.07. The van der Waals surface area contributed by atoms with Crippen LogP contribution >= 0.6 is 0 Å². The molecule has 2 rings (SSSR count). The molecular weight excluding hydrogens is 242 g/mol. The smallest absolute Gasteiger partial charge is 0.253 e. The Balaban J connectivity index is 2.16. The molecule has 1 aliphatic heterocycles. The lowest BCUT2D eigenvalue weighted by molar-refractivity contribution is -0.120. The van der Waals surface area contributed by atoms with Gasteiger partial charge in [0.2, 0.25) is 0 Å². The average Bonchev–Trinajstić information content (AvgIpc) is 2.74. The normalized spacial score (nSPS) is 20.5. The first-order valence-corrected chi connectivity index (χ1v) is 6.29. The topological polar surface area (TPSA) is 62.7 Å². The third-order valence-corrected chi connectivity index (χ3v) is 3.10. The van der Waals surface area contributed by atoms with E-state index in [1.807, 2.05) is 32.0 Å². The fourth-order valence-electron chi connectivity index (χ4n) is 2.05. The minimum atomic E-state index is -0.360. The van der Waals surface area contributed by atoms with Gasteiger partial charge >= 0.3 is 0 Å². The molecule has 1 amide bonds. The van der Waals surface area contributed by atoms with Crippen molar-refractivity contribution in [2.45, 2.75) is 19.9 Å². The minimum Gasteiger partial charge on any atom is -0.383 e. The molecule has 19 heavy (non-hydrogen) atoms. The number of benzene rings is 1. The van der Waals surface area contributed by atoms with E-state index in [9.17, 15) is 4.79 Å². The van der Waals surface area contributed by atoms with Crippen molar-refractivity contribution < 1.29 is 9.53 Å². The molecule has 1 aliphatic rings. The maximum absolute atomic E-state index is 12.0. The van der Waals surface area contributed by atoms with Crippen molar-refractivity contribution in [1.82, 2.24) is 10.6 Å². The van der Waals surface area contributed by atoms with E-state index in [2.05, 4.69) is 15.6 Å². The van der Waals surface area contributed by atoms with Crippen LogP contribution in [0.3, 0.4) is 0 Å². The molecule has 0 aromatic heterocycles. The molecule has 1 saturated heterocycles. The fraction of sp³-hybridized carbons (Fsp3) is 0.429. The summed E-state index contributed by atoms with van der Waals surface area (Å²) >= 11 is 0. The van der Waals surface area contributed by atoms with E-state index in [1.54, 1.807) is 7.11 Å². The third kappa shape index (κ3) is 3.12. The Hall–Kier alpha value is -1.88. The minimum absolute atomic E-state index is 0.0649. The Morgan fingerprint density at radius 2 is 2.16 bits per heavy atom. The second-order valence-electron chi connectivity index (χ2n) is 4.65. The molecule has 0 radical (unpaired) electrons. The highest BCUT2D eigenvalue weighted by Crippen LogP contribution is 2.21. The molecule has 2 N–H and O–H groups in total. The van der Waals surface area contributed by atoms with Gasteiger partial charge in [-0.2, -0.15) is 0 Å². The van der Waals surface area contributed by atoms with E-state index < -0.39 is 0 Å². The Morgan fingerprint density at radius 3 is 2.89 bits per heavy atom. The molecule has 102 valence electrons. The quantitative estimate of drug-likeness (QED) is 0.797. The molecular formula is C14H19N3O2. The zero-order chi connectivity index (χ0) is 13.8. The van der Waals surface area contributed by atoms with Crippen LogP contribution < -0.4 is 10.6 Å². The van der Waals surface area contributed by atoms with Crippen molar-refractivity contribution in [3.05, 3.63) is 34.9 Å². The van der Waals surface area contributed by atoms with Crippen LogP contribution in [0.4, 0.5) is 0 Å². The van der Waals surface area contributed by atoms with E-state index in [4.69, 9.17) is 4.74 Å². The van der Waals surface area contributed by atoms with Gasteiger partial charge in [-0.05, 0) is 25.0 Å². The van der Waals surface area contributed by atoms with Gasteiger partial charge in [-0.3, -0.25) is 15.1 Å². The Bertz CT molecular complexity index is 511. The summed E-state index contributed by atoms with van der Waals surface area (Å²) in [6, 6.07) is 5.74. The number of carbonyl (C=O) groups excluding carboxylic acids is 1. The van der Waals surface area contributed by atoms with Crippen molar-refractivity contribution in [3.63, 3.8) is 0 Å². The molecule has 1 heterocycles. The molecule has 5 heteroatoms. The number of nitrogens with one attached hydrogen (secondary N) is 2. The maximum atomic E-state index is 12.0. The number of methoxy groups -OCH3 is 1. The number of hydrogen-bond donors (Lipinski definition) is 2. The van der Waals surface area contributed by atoms with E-state index >= 15 is 0 Å². The summed E-state index contributed by atoms with van der Waals surface area (Å²) in [5.41, 5.74) is 3.23. The number of aliphatic imine (C=N–C) groups is 1. The first kappa shape index (κ1) is 13.5. The first-order chi connectivity index (χ1) is 9.11. The highest BCUT2D eigenvalue weighted by atomic mass is 16.5. The van der Waals surface area contributed by atoms with Gasteiger partial charge in [-0.15, -0.1) is 0 Å². The van der Waals surface area contributed by atoms with Gasteiger partial charge in [-0.25, -0.2) is 0 Å². The number of carbonyl (C=O) groups is 1. The largest absolute Gasteiger partial charge is 0.383 e. The molecule has 5 nitrogen and oxygen atoms in total. The van der Waals surface area contributed by atoms with Gasteiger partial charge in [0.1, 0.15) is 6.04 Å². The summed E-state index contributed by atoms with van der Waals surface area (Å²) in [5.74, 6) is 0.456. The van der Waals surface area contributed by atoms with Crippen LogP contribution in [0.15, 0.2) is 23.2 Å². The number of aryl methyl sites for hydroxylation is 2. The van der Waals surface area contributed by atoms with E-state index in [0.717, 1.165) is 16.7 Å². The fourth-order valence-corrected chi connectivity index (χ4v) is 2.05. The van der Waals surface area contributed by atoms with Gasteiger partial charge in [0.15, 0.2) is 5.96 Å². The van der Waals surface area contributed by atoms with Crippen molar-refractivity contribution in [1.29, 1.82) is 0 Å². The van der Waals surface area contributed by atoms with Gasteiger partial charge in [-0.1, -0.05) is 23.8 Å². The highest BCUT2D eigenvalue weighted by molar-refractivity contribution is 6.06. The third-order valence-electron chi connectivity index (χ3n) is 3.10. The van der Waals surface area contributed by atoms with E-state index in [1.165, 1.54) is 0 Å². The van der Waals surface area contributed by atoms with Crippen molar-refractivity contribution in [2.75, 3.05) is 20.3 Å². The molecule has 0 bridgehead atoms. The van der Waals surface area contributed by atoms with Crippen LogP contribution in [-0.2, 0) is 9.53 Å². The second-order valence-corrected chi connectivity index (χ2v) is 4.65. The van der Waals surface area contributed by atoms with Crippen LogP contribution in [-0.4, -0.2) is 32.1 Å². The van der Waals surface area contributed by atoms with Crippen molar-refractivity contribution in [3.8, 4) is 0 Å². The SMILES string of the molecule is COCCN=C1NC(=O)C(c2cc(C)ccc2C)N1. The van der Waals surface area contributed by atoms with Gasteiger partial charge < -0.3 is 10.1 Å². The molecule has 0 saturated carbocycles. The summed E-state index contributed by atoms with van der Waals surface area (Å²) in [6.45, 7) is 5.08. The van der Waals surface area contributed by atoms with Crippen LogP contribution in [0.5, 0.6) is 0 Å². The van der Waals surface area contributed by atoms with E-state index in [-0.39, 0.29) is 11.9 Å². The van der Waals surface area contributed by atoms with Crippen molar-refractivity contribution in [2.24, 2.45) is 4.99 Å². The zero-order valence-corrected chi connectivity index (χ0v) is 11.5.